The number of nitriles is 1. The zero-order valence-electron chi connectivity index (χ0n) is 11.7. The highest BCUT2D eigenvalue weighted by atomic mass is 32.2. The number of hydrogen-bond donors (Lipinski definition) is 1. The Balaban J connectivity index is 2.16. The zero-order valence-corrected chi connectivity index (χ0v) is 13.3. The second-order valence-corrected chi connectivity index (χ2v) is 7.39. The van der Waals surface area contributed by atoms with Gasteiger partial charge in [-0.1, -0.05) is 26.0 Å². The van der Waals surface area contributed by atoms with Crippen molar-refractivity contribution < 1.29 is 8.42 Å². The smallest absolute Gasteiger partial charge is 0.242 e. The van der Waals surface area contributed by atoms with Crippen LogP contribution in [0, 0.1) is 11.3 Å². The highest BCUT2D eigenvalue weighted by Crippen LogP contribution is 2.20. The van der Waals surface area contributed by atoms with Crippen molar-refractivity contribution in [2.45, 2.75) is 31.2 Å². The third-order valence-corrected chi connectivity index (χ3v) is 5.46. The molecule has 0 spiro atoms. The van der Waals surface area contributed by atoms with E-state index in [1.807, 2.05) is 25.3 Å². The first kappa shape index (κ1) is 15.6. The Morgan fingerprint density at radius 2 is 2.10 bits per heavy atom. The minimum Gasteiger partial charge on any atom is -0.245 e. The Bertz CT molecular complexity index is 774. The minimum atomic E-state index is -3.72. The third kappa shape index (κ3) is 3.67. The first-order chi connectivity index (χ1) is 9.94. The van der Waals surface area contributed by atoms with E-state index in [0.29, 0.717) is 11.6 Å². The molecule has 5 nitrogen and oxygen atoms in total. The molecule has 7 heteroatoms. The molecular weight excluding hydrogens is 306 g/mol. The summed E-state index contributed by atoms with van der Waals surface area (Å²) in [6.45, 7) is 4.19. The van der Waals surface area contributed by atoms with Gasteiger partial charge in [0.1, 0.15) is 6.07 Å². The number of benzene rings is 1. The van der Waals surface area contributed by atoms with Gasteiger partial charge in [0.15, 0.2) is 0 Å². The molecule has 0 saturated heterocycles. The number of hydrogen-bond acceptors (Lipinski definition) is 5. The van der Waals surface area contributed by atoms with Crippen LogP contribution in [0.15, 0.2) is 34.5 Å². The van der Waals surface area contributed by atoms with E-state index in [0.717, 1.165) is 5.01 Å². The summed E-state index contributed by atoms with van der Waals surface area (Å²) in [6, 6.07) is 8.01. The van der Waals surface area contributed by atoms with Crippen LogP contribution in [0.1, 0.15) is 36.0 Å². The predicted octanol–water partition coefficient (Wildman–Crippen LogP) is 2.62. The fraction of sp³-hybridized carbons (Fsp3) is 0.286. The molecule has 0 aliphatic carbocycles. The summed E-state index contributed by atoms with van der Waals surface area (Å²) in [4.78, 5) is 4.37. The van der Waals surface area contributed by atoms with Crippen LogP contribution < -0.4 is 4.72 Å². The van der Waals surface area contributed by atoms with Gasteiger partial charge in [-0.3, -0.25) is 0 Å². The van der Waals surface area contributed by atoms with Crippen molar-refractivity contribution in [1.82, 2.24) is 9.71 Å². The summed E-state index contributed by atoms with van der Waals surface area (Å²) in [5.41, 5.74) is 0.813. The average molecular weight is 321 g/mol. The van der Waals surface area contributed by atoms with E-state index in [4.69, 9.17) is 5.26 Å². The van der Waals surface area contributed by atoms with E-state index in [1.165, 1.54) is 23.5 Å². The lowest BCUT2D eigenvalue weighted by Crippen LogP contribution is -2.24. The molecule has 2 rings (SSSR count). The molecule has 0 bridgehead atoms. The van der Waals surface area contributed by atoms with E-state index in [2.05, 4.69) is 9.71 Å². The van der Waals surface area contributed by atoms with Gasteiger partial charge in [-0.25, -0.2) is 18.1 Å². The molecule has 0 atom stereocenters. The SMILES string of the molecule is CC(C)c1nc(CNS(=O)(=O)c2ccccc2C#N)cs1. The predicted molar refractivity (Wildman–Crippen MR) is 81.4 cm³/mol. The maximum absolute atomic E-state index is 12.2. The van der Waals surface area contributed by atoms with Gasteiger partial charge in [0.2, 0.25) is 10.0 Å². The standard InChI is InChI=1S/C14H15N3O2S2/c1-10(2)14-17-12(9-20-14)8-16-21(18,19)13-6-4-3-5-11(13)7-15/h3-6,9-10,16H,8H2,1-2H3. The number of thiazole rings is 1. The van der Waals surface area contributed by atoms with Gasteiger partial charge in [-0.15, -0.1) is 11.3 Å². The third-order valence-electron chi connectivity index (χ3n) is 2.80. The lowest BCUT2D eigenvalue weighted by molar-refractivity contribution is 0.580. The van der Waals surface area contributed by atoms with Gasteiger partial charge in [-0.05, 0) is 12.1 Å². The lowest BCUT2D eigenvalue weighted by atomic mass is 10.2. The molecule has 1 heterocycles. The zero-order chi connectivity index (χ0) is 15.5. The highest BCUT2D eigenvalue weighted by Gasteiger charge is 2.18. The van der Waals surface area contributed by atoms with Crippen LogP contribution in [0.2, 0.25) is 0 Å². The van der Waals surface area contributed by atoms with Gasteiger partial charge in [0.05, 0.1) is 27.7 Å². The van der Waals surface area contributed by atoms with Crippen LogP contribution >= 0.6 is 11.3 Å². The molecule has 0 aliphatic heterocycles. The van der Waals surface area contributed by atoms with Crippen molar-refractivity contribution >= 4 is 21.4 Å². The normalized spacial score (nSPS) is 11.5. The van der Waals surface area contributed by atoms with Gasteiger partial charge >= 0.3 is 0 Å². The molecule has 0 radical (unpaired) electrons. The molecule has 0 unspecified atom stereocenters. The molecule has 1 N–H and O–H groups in total. The van der Waals surface area contributed by atoms with E-state index in [9.17, 15) is 8.42 Å². The summed E-state index contributed by atoms with van der Waals surface area (Å²) < 4.78 is 27.0. The highest BCUT2D eigenvalue weighted by molar-refractivity contribution is 7.89. The van der Waals surface area contributed by atoms with Crippen molar-refractivity contribution in [3.8, 4) is 6.07 Å². The van der Waals surface area contributed by atoms with Crippen LogP contribution in [0.3, 0.4) is 0 Å². The first-order valence-electron chi connectivity index (χ1n) is 6.37. The van der Waals surface area contributed by atoms with Crippen LogP contribution in [-0.2, 0) is 16.6 Å². The van der Waals surface area contributed by atoms with Gasteiger partial charge in [0.25, 0.3) is 0 Å². The summed E-state index contributed by atoms with van der Waals surface area (Å²) in [5, 5.41) is 11.8. The van der Waals surface area contributed by atoms with Crippen molar-refractivity contribution in [2.75, 3.05) is 0 Å². The fourth-order valence-electron chi connectivity index (χ4n) is 1.71. The van der Waals surface area contributed by atoms with E-state index in [-0.39, 0.29) is 17.0 Å². The molecule has 1 aromatic carbocycles. The number of aromatic nitrogens is 1. The summed E-state index contributed by atoms with van der Waals surface area (Å²) >= 11 is 1.51. The quantitative estimate of drug-likeness (QED) is 0.917. The minimum absolute atomic E-state index is 0.00758. The summed E-state index contributed by atoms with van der Waals surface area (Å²) in [7, 11) is -3.72. The fourth-order valence-corrected chi connectivity index (χ4v) is 3.70. The average Bonchev–Trinajstić information content (AvgIpc) is 2.94. The van der Waals surface area contributed by atoms with Gasteiger partial charge in [0, 0.05) is 11.3 Å². The summed E-state index contributed by atoms with van der Waals surface area (Å²) in [5.74, 6) is 0.319. The van der Waals surface area contributed by atoms with Crippen LogP contribution in [0.4, 0.5) is 0 Å². The van der Waals surface area contributed by atoms with Crippen molar-refractivity contribution in [3.05, 3.63) is 45.9 Å². The Labute approximate surface area is 128 Å². The molecule has 0 amide bonds. The Morgan fingerprint density at radius 3 is 2.71 bits per heavy atom. The first-order valence-corrected chi connectivity index (χ1v) is 8.73. The summed E-state index contributed by atoms with van der Waals surface area (Å²) in [6.07, 6.45) is 0. The number of nitrogens with one attached hydrogen (secondary N) is 1. The lowest BCUT2D eigenvalue weighted by Gasteiger charge is -2.06. The molecule has 1 aromatic heterocycles. The topological polar surface area (TPSA) is 82.8 Å². The van der Waals surface area contributed by atoms with Crippen molar-refractivity contribution in [3.63, 3.8) is 0 Å². The maximum Gasteiger partial charge on any atom is 0.242 e. The van der Waals surface area contributed by atoms with E-state index >= 15 is 0 Å². The molecule has 0 saturated carbocycles. The second-order valence-electron chi connectivity index (χ2n) is 4.76. The number of rotatable bonds is 5. The van der Waals surface area contributed by atoms with E-state index in [1.54, 1.807) is 12.1 Å². The maximum atomic E-state index is 12.2. The van der Waals surface area contributed by atoms with Crippen LogP contribution in [0.25, 0.3) is 0 Å². The molecule has 0 fully saturated rings. The largest absolute Gasteiger partial charge is 0.245 e. The Hall–Kier alpha value is -1.75. The Morgan fingerprint density at radius 1 is 1.38 bits per heavy atom. The molecule has 2 aromatic rings. The molecule has 0 aliphatic rings. The van der Waals surface area contributed by atoms with Crippen LogP contribution in [0.5, 0.6) is 0 Å². The van der Waals surface area contributed by atoms with E-state index < -0.39 is 10.0 Å². The monoisotopic (exact) mass is 321 g/mol. The number of sulfonamides is 1. The van der Waals surface area contributed by atoms with Gasteiger partial charge < -0.3 is 0 Å². The van der Waals surface area contributed by atoms with Crippen molar-refractivity contribution in [1.29, 1.82) is 5.26 Å². The second kappa shape index (κ2) is 6.35. The molecular formula is C14H15N3O2S2. The number of nitrogens with zero attached hydrogens (tertiary/aromatic N) is 2. The Kier molecular flexibility index (Phi) is 4.73. The molecule has 21 heavy (non-hydrogen) atoms. The van der Waals surface area contributed by atoms with Gasteiger partial charge in [-0.2, -0.15) is 5.26 Å². The van der Waals surface area contributed by atoms with Crippen molar-refractivity contribution in [2.24, 2.45) is 0 Å². The molecule has 110 valence electrons. The van der Waals surface area contributed by atoms with Crippen LogP contribution in [-0.4, -0.2) is 13.4 Å².